The number of hydrogen-bond acceptors (Lipinski definition) is 6. The molecule has 0 spiro atoms. The van der Waals surface area contributed by atoms with Crippen molar-refractivity contribution < 1.29 is 0 Å². The molecule has 3 N–H and O–H groups in total. The highest BCUT2D eigenvalue weighted by atomic mass is 15.3. The van der Waals surface area contributed by atoms with Crippen LogP contribution in [0.4, 0.5) is 0 Å². The molecule has 0 aromatic carbocycles. The van der Waals surface area contributed by atoms with Crippen LogP contribution in [-0.4, -0.2) is 109 Å². The average Bonchev–Trinajstić information content (AvgIpc) is 3.00. The van der Waals surface area contributed by atoms with Crippen LogP contribution in [0.2, 0.25) is 0 Å². The zero-order chi connectivity index (χ0) is 23.3. The SMILES string of the molecule is CC1CN(C(C)(C)C[C@H]2CN(C(C)C)C[C@@H](C)N2)CC(CC[C@@H](C)N2CCCNCC2)N1. The van der Waals surface area contributed by atoms with Crippen LogP contribution in [0.1, 0.15) is 74.1 Å². The molecule has 0 aliphatic carbocycles. The molecular weight excluding hydrogens is 396 g/mol. The molecule has 0 radical (unpaired) electrons. The summed E-state index contributed by atoms with van der Waals surface area (Å²) < 4.78 is 0. The molecule has 3 fully saturated rings. The molecule has 0 aromatic heterocycles. The van der Waals surface area contributed by atoms with Crippen molar-refractivity contribution in [2.45, 2.75) is 116 Å². The standard InChI is InChI=1S/C26H54N6/c1-20(2)31-16-21(3)29-25(18-31)15-26(6,7)32-17-22(4)28-24(19-32)10-9-23(5)30-13-8-11-27-12-14-30/h20-25,27-29H,8-19H2,1-7H3/t21-,22?,23-,24?,25+/m1/s1. The Balaban J connectivity index is 1.52. The van der Waals surface area contributed by atoms with Crippen molar-refractivity contribution in [3.05, 3.63) is 0 Å². The van der Waals surface area contributed by atoms with Crippen molar-refractivity contribution >= 4 is 0 Å². The summed E-state index contributed by atoms with van der Waals surface area (Å²) in [5.41, 5.74) is 0.216. The largest absolute Gasteiger partial charge is 0.315 e. The lowest BCUT2D eigenvalue weighted by Crippen LogP contribution is -2.64. The summed E-state index contributed by atoms with van der Waals surface area (Å²) in [5, 5.41) is 11.4. The van der Waals surface area contributed by atoms with Crippen molar-refractivity contribution in [3.63, 3.8) is 0 Å². The van der Waals surface area contributed by atoms with Crippen LogP contribution in [0.3, 0.4) is 0 Å². The van der Waals surface area contributed by atoms with Crippen LogP contribution in [0.5, 0.6) is 0 Å². The highest BCUT2D eigenvalue weighted by Crippen LogP contribution is 2.27. The van der Waals surface area contributed by atoms with E-state index in [1.165, 1.54) is 65.0 Å². The van der Waals surface area contributed by atoms with Crippen molar-refractivity contribution in [2.75, 3.05) is 52.4 Å². The molecule has 5 atom stereocenters. The van der Waals surface area contributed by atoms with Gasteiger partial charge in [-0.25, -0.2) is 0 Å². The van der Waals surface area contributed by atoms with Crippen molar-refractivity contribution in [3.8, 4) is 0 Å². The summed E-state index contributed by atoms with van der Waals surface area (Å²) >= 11 is 0. The Morgan fingerprint density at radius 2 is 1.56 bits per heavy atom. The lowest BCUT2D eigenvalue weighted by atomic mass is 9.88. The third-order valence-corrected chi connectivity index (χ3v) is 8.20. The smallest absolute Gasteiger partial charge is 0.0215 e. The Kier molecular flexibility index (Phi) is 9.84. The Bertz CT molecular complexity index is 544. The fourth-order valence-corrected chi connectivity index (χ4v) is 6.27. The first kappa shape index (κ1) is 26.4. The minimum Gasteiger partial charge on any atom is -0.315 e. The number of hydrogen-bond donors (Lipinski definition) is 3. The summed E-state index contributed by atoms with van der Waals surface area (Å²) in [6, 6.07) is 3.65. The van der Waals surface area contributed by atoms with E-state index in [0.717, 1.165) is 13.1 Å². The van der Waals surface area contributed by atoms with Gasteiger partial charge in [0.15, 0.2) is 0 Å². The van der Waals surface area contributed by atoms with E-state index < -0.39 is 0 Å². The van der Waals surface area contributed by atoms with E-state index in [-0.39, 0.29) is 5.54 Å². The first-order valence-corrected chi connectivity index (χ1v) is 13.6. The number of piperazine rings is 2. The van der Waals surface area contributed by atoms with Gasteiger partial charge >= 0.3 is 0 Å². The maximum absolute atomic E-state index is 3.93. The molecule has 0 aromatic rings. The van der Waals surface area contributed by atoms with Crippen LogP contribution >= 0.6 is 0 Å². The van der Waals surface area contributed by atoms with Gasteiger partial charge in [-0.3, -0.25) is 14.7 Å². The number of rotatable bonds is 8. The zero-order valence-corrected chi connectivity index (χ0v) is 22.3. The van der Waals surface area contributed by atoms with Crippen LogP contribution in [-0.2, 0) is 0 Å². The fraction of sp³-hybridized carbons (Fsp3) is 1.00. The van der Waals surface area contributed by atoms with Gasteiger partial charge < -0.3 is 16.0 Å². The monoisotopic (exact) mass is 450 g/mol. The Morgan fingerprint density at radius 1 is 0.844 bits per heavy atom. The molecule has 3 saturated heterocycles. The first-order chi connectivity index (χ1) is 15.1. The molecule has 32 heavy (non-hydrogen) atoms. The maximum atomic E-state index is 3.93. The van der Waals surface area contributed by atoms with Gasteiger partial charge in [-0.1, -0.05) is 0 Å². The van der Waals surface area contributed by atoms with Gasteiger partial charge in [0, 0.05) is 81.1 Å². The van der Waals surface area contributed by atoms with Crippen LogP contribution in [0.25, 0.3) is 0 Å². The van der Waals surface area contributed by atoms with Gasteiger partial charge in [0.2, 0.25) is 0 Å². The lowest BCUT2D eigenvalue weighted by Gasteiger charge is -2.49. The number of nitrogens with one attached hydrogen (secondary N) is 3. The van der Waals surface area contributed by atoms with E-state index in [1.807, 2.05) is 0 Å². The van der Waals surface area contributed by atoms with Gasteiger partial charge in [-0.05, 0) is 87.2 Å². The molecule has 188 valence electrons. The molecular formula is C26H54N6. The molecule has 3 aliphatic heterocycles. The maximum Gasteiger partial charge on any atom is 0.0215 e. The van der Waals surface area contributed by atoms with Gasteiger partial charge in [0.25, 0.3) is 0 Å². The van der Waals surface area contributed by atoms with Crippen molar-refractivity contribution in [1.82, 2.24) is 30.7 Å². The summed E-state index contributed by atoms with van der Waals surface area (Å²) in [6.45, 7) is 26.3. The average molecular weight is 451 g/mol. The molecule has 3 rings (SSSR count). The summed E-state index contributed by atoms with van der Waals surface area (Å²) in [4.78, 5) is 8.15. The number of nitrogens with zero attached hydrogens (tertiary/aromatic N) is 3. The Hall–Kier alpha value is -0.240. The third-order valence-electron chi connectivity index (χ3n) is 8.20. The zero-order valence-electron chi connectivity index (χ0n) is 22.3. The van der Waals surface area contributed by atoms with E-state index in [1.54, 1.807) is 0 Å². The molecule has 6 nitrogen and oxygen atoms in total. The van der Waals surface area contributed by atoms with E-state index >= 15 is 0 Å². The highest BCUT2D eigenvalue weighted by Gasteiger charge is 2.37. The second-order valence-electron chi connectivity index (χ2n) is 12.1. The first-order valence-electron chi connectivity index (χ1n) is 13.6. The molecule has 0 saturated carbocycles. The Morgan fingerprint density at radius 3 is 2.31 bits per heavy atom. The normalized spacial score (nSPS) is 33.4. The Labute approximate surface area is 199 Å². The summed E-state index contributed by atoms with van der Waals surface area (Å²) in [5.74, 6) is 0. The minimum absolute atomic E-state index is 0.216. The van der Waals surface area contributed by atoms with Crippen LogP contribution < -0.4 is 16.0 Å². The third kappa shape index (κ3) is 7.64. The second kappa shape index (κ2) is 11.9. The lowest BCUT2D eigenvalue weighted by molar-refractivity contribution is 0.0326. The van der Waals surface area contributed by atoms with Gasteiger partial charge in [-0.2, -0.15) is 0 Å². The molecule has 0 amide bonds. The van der Waals surface area contributed by atoms with Crippen molar-refractivity contribution in [2.24, 2.45) is 0 Å². The molecule has 6 heteroatoms. The quantitative estimate of drug-likeness (QED) is 0.528. The van der Waals surface area contributed by atoms with E-state index in [9.17, 15) is 0 Å². The fourth-order valence-electron chi connectivity index (χ4n) is 6.27. The van der Waals surface area contributed by atoms with E-state index in [0.29, 0.717) is 36.3 Å². The highest BCUT2D eigenvalue weighted by molar-refractivity contribution is 4.96. The predicted molar refractivity (Wildman–Crippen MR) is 138 cm³/mol. The minimum atomic E-state index is 0.216. The molecule has 0 bridgehead atoms. The summed E-state index contributed by atoms with van der Waals surface area (Å²) in [6.07, 6.45) is 5.08. The van der Waals surface area contributed by atoms with Gasteiger partial charge in [0.1, 0.15) is 0 Å². The van der Waals surface area contributed by atoms with Crippen molar-refractivity contribution in [1.29, 1.82) is 0 Å². The van der Waals surface area contributed by atoms with Crippen LogP contribution in [0, 0.1) is 0 Å². The molecule has 3 aliphatic rings. The summed E-state index contributed by atoms with van der Waals surface area (Å²) in [7, 11) is 0. The van der Waals surface area contributed by atoms with E-state index in [2.05, 4.69) is 79.1 Å². The molecule has 3 heterocycles. The molecule has 2 unspecified atom stereocenters. The van der Waals surface area contributed by atoms with Gasteiger partial charge in [-0.15, -0.1) is 0 Å². The van der Waals surface area contributed by atoms with Crippen LogP contribution in [0.15, 0.2) is 0 Å². The van der Waals surface area contributed by atoms with Gasteiger partial charge in [0.05, 0.1) is 0 Å². The van der Waals surface area contributed by atoms with E-state index in [4.69, 9.17) is 0 Å². The topological polar surface area (TPSA) is 45.8 Å². The predicted octanol–water partition coefficient (Wildman–Crippen LogP) is 2.35. The second-order valence-corrected chi connectivity index (χ2v) is 12.1.